The van der Waals surface area contributed by atoms with E-state index in [2.05, 4.69) is 15.9 Å². The third-order valence-corrected chi connectivity index (χ3v) is 4.39. The molecule has 0 amide bonds. The number of carboxylic acid groups (broad SMARTS) is 1. The van der Waals surface area contributed by atoms with Crippen LogP contribution in [0, 0.1) is 0 Å². The molecule has 0 unspecified atom stereocenters. The summed E-state index contributed by atoms with van der Waals surface area (Å²) < 4.78 is 73.5. The molecule has 1 aliphatic heterocycles. The third kappa shape index (κ3) is 7.35. The largest absolute Gasteiger partial charge is 0.542 e. The fourth-order valence-corrected chi connectivity index (χ4v) is 2.80. The quantitative estimate of drug-likeness (QED) is 0.514. The molecule has 1 heterocycles. The predicted molar refractivity (Wildman–Crippen MR) is 83.8 cm³/mol. The first kappa shape index (κ1) is 22.5. The molecule has 0 N–H and O–H groups in total. The highest BCUT2D eigenvalue weighted by Gasteiger charge is 2.43. The molecule has 1 aliphatic rings. The standard InChI is InChI=1S/C14H16BrF3N.C2HF3O2/c15-12-7-3-2-6-11(12)10-13(14(16,17)18)19-8-4-1-5-9-19;3-2(4,5)1(6)7/h2-3,6-7H,1,4-5,8-10H2;(H,6,7)/q+1;/p-1. The Morgan fingerprint density at radius 3 is 1.92 bits per heavy atom. The van der Waals surface area contributed by atoms with E-state index in [9.17, 15) is 26.3 Å². The van der Waals surface area contributed by atoms with Crippen LogP contribution in [-0.4, -0.2) is 41.7 Å². The van der Waals surface area contributed by atoms with Crippen molar-refractivity contribution in [3.8, 4) is 0 Å². The maximum atomic E-state index is 13.2. The lowest BCUT2D eigenvalue weighted by molar-refractivity contribution is -0.544. The first-order valence-electron chi connectivity index (χ1n) is 7.62. The Morgan fingerprint density at radius 2 is 1.50 bits per heavy atom. The van der Waals surface area contributed by atoms with Crippen molar-refractivity contribution in [2.24, 2.45) is 0 Å². The first-order valence-corrected chi connectivity index (χ1v) is 8.41. The zero-order valence-electron chi connectivity index (χ0n) is 13.5. The molecule has 1 aromatic carbocycles. The Kier molecular flexibility index (Phi) is 8.11. The van der Waals surface area contributed by atoms with Crippen LogP contribution in [0.4, 0.5) is 26.3 Å². The molecule has 0 radical (unpaired) electrons. The van der Waals surface area contributed by atoms with Crippen LogP contribution in [0.3, 0.4) is 0 Å². The molecule has 0 aromatic heterocycles. The Labute approximate surface area is 154 Å². The van der Waals surface area contributed by atoms with Crippen LogP contribution in [-0.2, 0) is 11.2 Å². The van der Waals surface area contributed by atoms with Crippen LogP contribution < -0.4 is 5.11 Å². The number of hydrogen-bond acceptors (Lipinski definition) is 2. The number of halogens is 7. The van der Waals surface area contributed by atoms with Gasteiger partial charge < -0.3 is 9.90 Å². The molecule has 1 aromatic rings. The first-order chi connectivity index (χ1) is 11.9. The van der Waals surface area contributed by atoms with E-state index in [4.69, 9.17) is 9.90 Å². The summed E-state index contributed by atoms with van der Waals surface area (Å²) in [5.41, 5.74) is 0.263. The summed E-state index contributed by atoms with van der Waals surface area (Å²) >= 11 is 3.32. The molecule has 0 spiro atoms. The van der Waals surface area contributed by atoms with E-state index in [1.54, 1.807) is 18.2 Å². The minimum Gasteiger partial charge on any atom is -0.542 e. The molecular weight excluding hydrogens is 432 g/mol. The lowest BCUT2D eigenvalue weighted by Crippen LogP contribution is -2.38. The van der Waals surface area contributed by atoms with Gasteiger partial charge in [0.2, 0.25) is 0 Å². The van der Waals surface area contributed by atoms with Gasteiger partial charge in [0.25, 0.3) is 5.71 Å². The highest BCUT2D eigenvalue weighted by molar-refractivity contribution is 9.10. The van der Waals surface area contributed by atoms with Crippen molar-refractivity contribution in [2.75, 3.05) is 13.1 Å². The summed E-state index contributed by atoms with van der Waals surface area (Å²) in [7, 11) is 0. The Hall–Kier alpha value is -1.58. The maximum absolute atomic E-state index is 13.2. The topological polar surface area (TPSA) is 43.1 Å². The van der Waals surface area contributed by atoms with E-state index in [-0.39, 0.29) is 6.42 Å². The monoisotopic (exact) mass is 447 g/mol. The SMILES string of the molecule is FC(F)(F)C(Cc1ccccc1Br)=[N+]1CCCCC1.O=C([O-])C(F)(F)F. The second-order valence-electron chi connectivity index (χ2n) is 5.55. The highest BCUT2D eigenvalue weighted by Crippen LogP contribution is 2.25. The summed E-state index contributed by atoms with van der Waals surface area (Å²) in [4.78, 5) is 8.78. The molecule has 10 heteroatoms. The zero-order valence-corrected chi connectivity index (χ0v) is 15.0. The van der Waals surface area contributed by atoms with Crippen molar-refractivity contribution in [3.63, 3.8) is 0 Å². The molecule has 146 valence electrons. The molecule has 0 bridgehead atoms. The minimum absolute atomic E-state index is 0.0646. The van der Waals surface area contributed by atoms with Gasteiger partial charge in [0.1, 0.15) is 19.1 Å². The van der Waals surface area contributed by atoms with Crippen molar-refractivity contribution >= 4 is 27.6 Å². The van der Waals surface area contributed by atoms with Crippen LogP contribution >= 0.6 is 15.9 Å². The van der Waals surface area contributed by atoms with Gasteiger partial charge in [-0.05, 0) is 18.1 Å². The molecule has 2 rings (SSSR count). The number of hydrogen-bond donors (Lipinski definition) is 0. The van der Waals surface area contributed by atoms with E-state index in [0.717, 1.165) is 23.7 Å². The van der Waals surface area contributed by atoms with Gasteiger partial charge in [0.15, 0.2) is 0 Å². The van der Waals surface area contributed by atoms with E-state index in [1.165, 1.54) is 4.58 Å². The third-order valence-electron chi connectivity index (χ3n) is 3.61. The number of nitrogens with zero attached hydrogens (tertiary/aromatic N) is 1. The molecule has 0 atom stereocenters. The van der Waals surface area contributed by atoms with E-state index >= 15 is 0 Å². The summed E-state index contributed by atoms with van der Waals surface area (Å²) in [5.74, 6) is -3.01. The number of carboxylic acids is 1. The maximum Gasteiger partial charge on any atom is 0.472 e. The van der Waals surface area contributed by atoms with E-state index < -0.39 is 24.0 Å². The van der Waals surface area contributed by atoms with Gasteiger partial charge in [-0.3, -0.25) is 0 Å². The number of aliphatic carboxylic acids is 1. The van der Waals surface area contributed by atoms with Crippen LogP contribution in [0.1, 0.15) is 24.8 Å². The number of alkyl halides is 6. The van der Waals surface area contributed by atoms with Crippen LogP contribution in [0.15, 0.2) is 28.7 Å². The van der Waals surface area contributed by atoms with Crippen LogP contribution in [0.5, 0.6) is 0 Å². The number of carbonyl (C=O) groups excluding carboxylic acids is 1. The molecule has 0 saturated carbocycles. The van der Waals surface area contributed by atoms with Gasteiger partial charge in [-0.25, -0.2) is 4.58 Å². The van der Waals surface area contributed by atoms with Crippen molar-refractivity contribution in [1.82, 2.24) is 0 Å². The number of piperidine rings is 1. The highest BCUT2D eigenvalue weighted by atomic mass is 79.9. The number of carbonyl (C=O) groups is 1. The van der Waals surface area contributed by atoms with Crippen LogP contribution in [0.2, 0.25) is 0 Å². The Morgan fingerprint density at radius 1 is 1.00 bits per heavy atom. The van der Waals surface area contributed by atoms with Gasteiger partial charge in [0, 0.05) is 17.3 Å². The predicted octanol–water partition coefficient (Wildman–Crippen LogP) is 3.49. The average Bonchev–Trinajstić information content (AvgIpc) is 2.53. The van der Waals surface area contributed by atoms with Crippen molar-refractivity contribution in [3.05, 3.63) is 34.3 Å². The molecule has 0 aliphatic carbocycles. The average molecular weight is 448 g/mol. The zero-order chi connectivity index (χ0) is 20.0. The molecule has 1 fully saturated rings. The number of benzene rings is 1. The van der Waals surface area contributed by atoms with E-state index in [0.29, 0.717) is 18.7 Å². The van der Waals surface area contributed by atoms with Gasteiger partial charge in [-0.1, -0.05) is 34.1 Å². The van der Waals surface area contributed by atoms with E-state index in [1.807, 2.05) is 6.07 Å². The lowest BCUT2D eigenvalue weighted by Gasteiger charge is -2.16. The summed E-state index contributed by atoms with van der Waals surface area (Å²) in [5, 5.41) is 8.78. The van der Waals surface area contributed by atoms with Gasteiger partial charge in [-0.2, -0.15) is 26.3 Å². The summed E-state index contributed by atoms with van der Waals surface area (Å²) in [6.45, 7) is 1.03. The minimum atomic E-state index is -5.19. The molecule has 3 nitrogen and oxygen atoms in total. The van der Waals surface area contributed by atoms with Crippen molar-refractivity contribution in [1.29, 1.82) is 0 Å². The van der Waals surface area contributed by atoms with Crippen molar-refractivity contribution in [2.45, 2.75) is 38.0 Å². The normalized spacial score (nSPS) is 15.1. The smallest absolute Gasteiger partial charge is 0.472 e. The Bertz CT molecular complexity index is 647. The van der Waals surface area contributed by atoms with Crippen LogP contribution in [0.25, 0.3) is 0 Å². The fourth-order valence-electron chi connectivity index (χ4n) is 2.38. The molecular formula is C16H16BrF6NO2. The van der Waals surface area contributed by atoms with Gasteiger partial charge >= 0.3 is 12.4 Å². The second kappa shape index (κ2) is 9.38. The lowest BCUT2D eigenvalue weighted by atomic mass is 10.1. The van der Waals surface area contributed by atoms with Gasteiger partial charge in [-0.15, -0.1) is 0 Å². The second-order valence-corrected chi connectivity index (χ2v) is 6.40. The summed E-state index contributed by atoms with van der Waals surface area (Å²) in [6, 6.07) is 7.09. The Balaban J connectivity index is 0.000000412. The van der Waals surface area contributed by atoms with Gasteiger partial charge in [0.05, 0.1) is 6.42 Å². The molecule has 1 saturated heterocycles. The van der Waals surface area contributed by atoms with Crippen molar-refractivity contribution < 1.29 is 40.8 Å². The molecule has 26 heavy (non-hydrogen) atoms. The summed E-state index contributed by atoms with van der Waals surface area (Å²) in [6.07, 6.45) is -6.81. The fraction of sp³-hybridized carbons (Fsp3) is 0.500. The number of rotatable bonds is 2.